The fourth-order valence-corrected chi connectivity index (χ4v) is 11.8. The first-order chi connectivity index (χ1) is 41.8. The van der Waals surface area contributed by atoms with Gasteiger partial charge in [-0.25, -0.2) is 19.0 Å². The number of aliphatic hydroxyl groups is 1. The van der Waals surface area contributed by atoms with Gasteiger partial charge in [-0.15, -0.1) is 0 Å². The molecule has 0 unspecified atom stereocenters. The predicted molar refractivity (Wildman–Crippen MR) is 309 cm³/mol. The van der Waals surface area contributed by atoms with Gasteiger partial charge in [-0.05, 0) is 97.9 Å². The van der Waals surface area contributed by atoms with Crippen molar-refractivity contribution in [2.75, 3.05) is 38.0 Å². The number of benzene rings is 3. The molecule has 7 N–H and O–H groups in total. The molecule has 87 heavy (non-hydrogen) atoms. The summed E-state index contributed by atoms with van der Waals surface area (Å²) in [6, 6.07) is 15.5. The lowest BCUT2D eigenvalue weighted by molar-refractivity contribution is -0.172. The SMILES string of the molecule is CC[C@@]1(O)C(=O)OCc2c1cc1n(c2=O)Cc2c-1nc1cc(F)c(C)c3c1c2[C@@H](NC(=O)[C@@H]1CCCN1C(=O)OCc1ccc(NC(=O)CNC(=O)[C@H](Cc2ccccc2)NC(=O)CNC(=O)CNC(=O)CCCCCN2C(=O)C=CC2=O)cc1)CC3. The summed E-state index contributed by atoms with van der Waals surface area (Å²) >= 11 is 0. The fraction of sp³-hybridized carbons (Fsp3) is 0.387. The number of anilines is 1. The molecule has 2 aromatic heterocycles. The van der Waals surface area contributed by atoms with Crippen molar-refractivity contribution in [1.29, 1.82) is 0 Å². The lowest BCUT2D eigenvalue weighted by Gasteiger charge is -2.32. The van der Waals surface area contributed by atoms with E-state index in [4.69, 9.17) is 14.5 Å². The second-order valence-electron chi connectivity index (χ2n) is 22.1. The molecule has 5 aromatic rings. The number of halogens is 1. The van der Waals surface area contributed by atoms with Gasteiger partial charge in [-0.2, -0.15) is 0 Å². The second kappa shape index (κ2) is 25.9. The minimum absolute atomic E-state index is 0.0479. The normalized spacial score (nSPS) is 18.3. The van der Waals surface area contributed by atoms with Crippen LogP contribution in [0.1, 0.15) is 109 Å². The summed E-state index contributed by atoms with van der Waals surface area (Å²) in [5, 5.41) is 28.0. The van der Waals surface area contributed by atoms with E-state index in [1.165, 1.54) is 27.7 Å². The maximum Gasteiger partial charge on any atom is 0.410 e. The number of carbonyl (C=O) groups excluding carboxylic acids is 10. The number of carbonyl (C=O) groups is 10. The molecule has 1 fully saturated rings. The van der Waals surface area contributed by atoms with E-state index >= 15 is 4.39 Å². The number of hydrogen-bond acceptors (Lipinski definition) is 15. The van der Waals surface area contributed by atoms with E-state index in [9.17, 15) is 57.8 Å². The Bertz CT molecular complexity index is 3720. The molecule has 3 aromatic carbocycles. The molecule has 24 nitrogen and oxygen atoms in total. The van der Waals surface area contributed by atoms with E-state index in [0.717, 1.165) is 10.5 Å². The molecule has 1 saturated heterocycles. The third kappa shape index (κ3) is 13.0. The van der Waals surface area contributed by atoms with Crippen molar-refractivity contribution >= 4 is 75.9 Å². The molecule has 0 bridgehead atoms. The monoisotopic (exact) mass is 1190 g/mol. The first kappa shape index (κ1) is 60.5. The number of cyclic esters (lactones) is 1. The van der Waals surface area contributed by atoms with Gasteiger partial charge in [0.05, 0.1) is 54.7 Å². The number of aromatic nitrogens is 2. The summed E-state index contributed by atoms with van der Waals surface area (Å²) in [5.41, 5.74) is 2.91. The number of rotatable bonds is 22. The van der Waals surface area contributed by atoms with Crippen LogP contribution in [0.4, 0.5) is 14.9 Å². The molecule has 454 valence electrons. The minimum atomic E-state index is -2.06. The van der Waals surface area contributed by atoms with Gasteiger partial charge in [-0.1, -0.05) is 55.8 Å². The Morgan fingerprint density at radius 1 is 0.828 bits per heavy atom. The molecule has 0 radical (unpaired) electrons. The average Bonchev–Trinajstić information content (AvgIpc) is 1.66. The largest absolute Gasteiger partial charge is 0.458 e. The average molecular weight is 1190 g/mol. The molecule has 0 spiro atoms. The molecule has 9 amide bonds. The van der Waals surface area contributed by atoms with Crippen LogP contribution in [-0.2, 0) is 90.8 Å². The number of nitrogens with one attached hydrogen (secondary N) is 6. The van der Waals surface area contributed by atoms with Gasteiger partial charge in [0.15, 0.2) is 5.60 Å². The zero-order valence-electron chi connectivity index (χ0n) is 47.9. The number of likely N-dealkylation sites (tertiary alicyclic amines) is 1. The lowest BCUT2D eigenvalue weighted by atomic mass is 9.81. The highest BCUT2D eigenvalue weighted by Crippen LogP contribution is 2.46. The molecular weight excluding hydrogens is 1130 g/mol. The number of ether oxygens (including phenoxy) is 2. The smallest absolute Gasteiger partial charge is 0.410 e. The highest BCUT2D eigenvalue weighted by Gasteiger charge is 2.46. The maximum absolute atomic E-state index is 15.5. The minimum Gasteiger partial charge on any atom is -0.458 e. The van der Waals surface area contributed by atoms with Crippen LogP contribution in [0.3, 0.4) is 0 Å². The van der Waals surface area contributed by atoms with Gasteiger partial charge in [0.1, 0.15) is 31.1 Å². The van der Waals surface area contributed by atoms with Crippen molar-refractivity contribution in [1.82, 2.24) is 45.9 Å². The maximum atomic E-state index is 15.5. The van der Waals surface area contributed by atoms with Crippen LogP contribution in [0.25, 0.3) is 22.3 Å². The van der Waals surface area contributed by atoms with Crippen molar-refractivity contribution in [3.63, 3.8) is 0 Å². The van der Waals surface area contributed by atoms with Gasteiger partial charge in [-0.3, -0.25) is 53.0 Å². The predicted octanol–water partition coefficient (Wildman–Crippen LogP) is 2.93. The molecule has 4 aliphatic heterocycles. The van der Waals surface area contributed by atoms with Crippen molar-refractivity contribution < 1.29 is 66.9 Å². The van der Waals surface area contributed by atoms with Gasteiger partial charge in [0, 0.05) is 66.4 Å². The topological polar surface area (TPSA) is 323 Å². The van der Waals surface area contributed by atoms with E-state index < -0.39 is 102 Å². The summed E-state index contributed by atoms with van der Waals surface area (Å²) in [6.45, 7) is 1.99. The molecule has 5 aliphatic rings. The Morgan fingerprint density at radius 3 is 2.30 bits per heavy atom. The summed E-state index contributed by atoms with van der Waals surface area (Å²) in [4.78, 5) is 150. The molecular formula is C62H65FN10O14. The van der Waals surface area contributed by atoms with Crippen LogP contribution >= 0.6 is 0 Å². The Balaban J connectivity index is 0.695. The van der Waals surface area contributed by atoms with Crippen molar-refractivity contribution in [2.45, 2.75) is 122 Å². The summed E-state index contributed by atoms with van der Waals surface area (Å²) in [5.74, 6) is -5.50. The number of esters is 1. The zero-order chi connectivity index (χ0) is 61.7. The van der Waals surface area contributed by atoms with Crippen LogP contribution in [0, 0.1) is 12.7 Å². The van der Waals surface area contributed by atoms with E-state index in [1.807, 2.05) is 0 Å². The van der Waals surface area contributed by atoms with Gasteiger partial charge in [0.2, 0.25) is 35.4 Å². The number of unbranched alkanes of at least 4 members (excludes halogenated alkanes) is 2. The number of amides is 9. The lowest BCUT2D eigenvalue weighted by Crippen LogP contribution is -2.52. The summed E-state index contributed by atoms with van der Waals surface area (Å²) < 4.78 is 28.0. The van der Waals surface area contributed by atoms with E-state index in [1.54, 1.807) is 74.5 Å². The van der Waals surface area contributed by atoms with Crippen molar-refractivity contribution in [3.05, 3.63) is 140 Å². The zero-order valence-corrected chi connectivity index (χ0v) is 47.9. The second-order valence-corrected chi connectivity index (χ2v) is 22.1. The number of aryl methyl sites for hydroxylation is 1. The van der Waals surface area contributed by atoms with Gasteiger partial charge >= 0.3 is 12.1 Å². The Kier molecular flexibility index (Phi) is 18.0. The quantitative estimate of drug-likeness (QED) is 0.0292. The van der Waals surface area contributed by atoms with Crippen LogP contribution < -0.4 is 37.5 Å². The molecule has 0 saturated carbocycles. The third-order valence-electron chi connectivity index (χ3n) is 16.5. The number of pyridine rings is 2. The molecule has 25 heteroatoms. The Labute approximate surface area is 497 Å². The summed E-state index contributed by atoms with van der Waals surface area (Å²) in [7, 11) is 0. The third-order valence-corrected chi connectivity index (χ3v) is 16.5. The van der Waals surface area contributed by atoms with Gasteiger partial charge in [0.25, 0.3) is 17.4 Å². The first-order valence-corrected chi connectivity index (χ1v) is 28.9. The van der Waals surface area contributed by atoms with Crippen molar-refractivity contribution in [2.24, 2.45) is 0 Å². The van der Waals surface area contributed by atoms with Crippen LogP contribution in [-0.4, -0.2) is 129 Å². The highest BCUT2D eigenvalue weighted by atomic mass is 19.1. The van der Waals surface area contributed by atoms with Crippen LogP contribution in [0.2, 0.25) is 0 Å². The Morgan fingerprint density at radius 2 is 1.55 bits per heavy atom. The molecule has 6 heterocycles. The number of hydrogen-bond donors (Lipinski definition) is 7. The number of imide groups is 1. The molecule has 1 aliphatic carbocycles. The van der Waals surface area contributed by atoms with Crippen LogP contribution in [0.5, 0.6) is 0 Å². The highest BCUT2D eigenvalue weighted by molar-refractivity contribution is 6.13. The van der Waals surface area contributed by atoms with E-state index in [-0.39, 0.29) is 75.1 Å². The number of nitrogens with zero attached hydrogens (tertiary/aromatic N) is 4. The molecule has 10 rings (SSSR count). The van der Waals surface area contributed by atoms with E-state index in [2.05, 4.69) is 31.9 Å². The standard InChI is InChI=1S/C62H65FN10O14/c1-3-62(85)41-26-47-56-39(31-73(47)59(82)40(41)33-86-60(62)83)55-43(20-19-38-34(2)42(63)27-44(69-56)54(38)55)70-58(81)46-13-10-24-71(46)61(84)87-32-36-15-17-37(18-16-36)67-50(76)30-66-57(80)45(25-35-11-6-4-7-12-35)68-51(77)29-65-49(75)28-64-48(74)14-8-5-9-23-72-52(78)21-22-53(72)79/h4,6-7,11-12,15-18,21-22,26-27,43,45-46,85H,3,5,8-10,13-14,19-20,23-25,28-33H2,1-2H3,(H,64,74)(H,65,75)(H,66,80)(H,67,76)(H,68,77)(H,70,81)/t43-,45-,46-,62-/m0/s1. The van der Waals surface area contributed by atoms with Gasteiger partial charge < -0.3 is 51.0 Å². The Hall–Kier alpha value is -9.65. The van der Waals surface area contributed by atoms with E-state index in [0.29, 0.717) is 101 Å². The molecule has 4 atom stereocenters. The number of fused-ring (bicyclic) bond motifs is 5. The first-order valence-electron chi connectivity index (χ1n) is 28.9. The van der Waals surface area contributed by atoms with Crippen LogP contribution in [0.15, 0.2) is 83.7 Å². The fourth-order valence-electron chi connectivity index (χ4n) is 11.8. The summed E-state index contributed by atoms with van der Waals surface area (Å²) in [6.07, 6.45) is 5.03. The van der Waals surface area contributed by atoms with Crippen molar-refractivity contribution in [3.8, 4) is 11.4 Å².